The Labute approximate surface area is 105 Å². The summed E-state index contributed by atoms with van der Waals surface area (Å²) in [6, 6.07) is 6.63. The molecule has 0 amide bonds. The third-order valence-corrected chi connectivity index (χ3v) is 3.56. The molecule has 92 valence electrons. The molecule has 0 aliphatic carbocycles. The van der Waals surface area contributed by atoms with Crippen molar-refractivity contribution >= 4 is 27.4 Å². The van der Waals surface area contributed by atoms with Gasteiger partial charge >= 0.3 is 5.97 Å². The number of halogens is 1. The Morgan fingerprint density at radius 3 is 2.65 bits per heavy atom. The summed E-state index contributed by atoms with van der Waals surface area (Å²) in [5.74, 6) is -0.965. The minimum atomic E-state index is -3.53. The molecule has 1 aromatic carbocycles. The van der Waals surface area contributed by atoms with Crippen LogP contribution in [-0.4, -0.2) is 21.5 Å². The van der Waals surface area contributed by atoms with Crippen molar-refractivity contribution in [2.45, 2.75) is 5.75 Å². The maximum atomic E-state index is 11.6. The van der Waals surface area contributed by atoms with Gasteiger partial charge in [0.25, 0.3) is 0 Å². The standard InChI is InChI=1S/C11H11ClO4S/c1-16-11(13)6-7-17(14,15)8-9-4-2-3-5-10(9)12/h2-7H,8H2,1H3/b7-6+. The van der Waals surface area contributed by atoms with E-state index < -0.39 is 15.8 Å². The molecule has 6 heteroatoms. The fourth-order valence-electron chi connectivity index (χ4n) is 1.11. The maximum absolute atomic E-state index is 11.6. The zero-order chi connectivity index (χ0) is 12.9. The number of carbonyl (C=O) groups excluding carboxylic acids is 1. The van der Waals surface area contributed by atoms with Gasteiger partial charge in [0.2, 0.25) is 0 Å². The topological polar surface area (TPSA) is 60.4 Å². The van der Waals surface area contributed by atoms with E-state index in [9.17, 15) is 13.2 Å². The number of hydrogen-bond acceptors (Lipinski definition) is 4. The molecule has 0 N–H and O–H groups in total. The molecule has 0 saturated heterocycles. The van der Waals surface area contributed by atoms with Gasteiger partial charge < -0.3 is 4.74 Å². The Bertz CT molecular complexity index is 534. The lowest BCUT2D eigenvalue weighted by Crippen LogP contribution is -2.03. The van der Waals surface area contributed by atoms with Gasteiger partial charge in [0.1, 0.15) is 0 Å². The highest BCUT2D eigenvalue weighted by Gasteiger charge is 2.11. The molecule has 4 nitrogen and oxygen atoms in total. The Morgan fingerprint density at radius 2 is 2.06 bits per heavy atom. The average molecular weight is 275 g/mol. The van der Waals surface area contributed by atoms with Crippen LogP contribution in [0.15, 0.2) is 35.7 Å². The SMILES string of the molecule is COC(=O)/C=C/S(=O)(=O)Cc1ccccc1Cl. The number of benzene rings is 1. The van der Waals surface area contributed by atoms with Gasteiger partial charge in [-0.05, 0) is 11.6 Å². The highest BCUT2D eigenvalue weighted by molar-refractivity contribution is 7.93. The first-order valence-electron chi connectivity index (χ1n) is 4.67. The predicted molar refractivity (Wildman–Crippen MR) is 65.2 cm³/mol. The zero-order valence-electron chi connectivity index (χ0n) is 9.09. The Morgan fingerprint density at radius 1 is 1.41 bits per heavy atom. The van der Waals surface area contributed by atoms with Crippen LogP contribution >= 0.6 is 11.6 Å². The third-order valence-electron chi connectivity index (χ3n) is 1.93. The molecule has 0 spiro atoms. The molecule has 1 rings (SSSR count). The fourth-order valence-corrected chi connectivity index (χ4v) is 2.49. The summed E-state index contributed by atoms with van der Waals surface area (Å²) in [5.41, 5.74) is 0.490. The van der Waals surface area contributed by atoms with Crippen molar-refractivity contribution in [2.24, 2.45) is 0 Å². The van der Waals surface area contributed by atoms with Gasteiger partial charge in [-0.15, -0.1) is 0 Å². The van der Waals surface area contributed by atoms with Gasteiger partial charge in [0.15, 0.2) is 9.84 Å². The van der Waals surface area contributed by atoms with Crippen LogP contribution in [0.25, 0.3) is 0 Å². The second-order valence-corrected chi connectivity index (χ2v) is 5.52. The van der Waals surface area contributed by atoms with Crippen molar-refractivity contribution in [3.05, 3.63) is 46.3 Å². The van der Waals surface area contributed by atoms with Gasteiger partial charge in [-0.25, -0.2) is 13.2 Å². The summed E-state index contributed by atoms with van der Waals surface area (Å²) < 4.78 is 27.5. The molecule has 0 fully saturated rings. The molecular weight excluding hydrogens is 264 g/mol. The number of sulfone groups is 1. The molecular formula is C11H11ClO4S. The third kappa shape index (κ3) is 4.58. The highest BCUT2D eigenvalue weighted by Crippen LogP contribution is 2.18. The van der Waals surface area contributed by atoms with Gasteiger partial charge in [0.05, 0.1) is 12.9 Å². The van der Waals surface area contributed by atoms with E-state index in [-0.39, 0.29) is 5.75 Å². The van der Waals surface area contributed by atoms with Crippen molar-refractivity contribution in [1.82, 2.24) is 0 Å². The minimum Gasteiger partial charge on any atom is -0.466 e. The summed E-state index contributed by atoms with van der Waals surface area (Å²) in [4.78, 5) is 10.8. The largest absolute Gasteiger partial charge is 0.466 e. The van der Waals surface area contributed by atoms with E-state index in [4.69, 9.17) is 11.6 Å². The van der Waals surface area contributed by atoms with Crippen LogP contribution in [0.5, 0.6) is 0 Å². The van der Waals surface area contributed by atoms with Crippen molar-refractivity contribution in [2.75, 3.05) is 7.11 Å². The summed E-state index contributed by atoms with van der Waals surface area (Å²) in [6.45, 7) is 0. The highest BCUT2D eigenvalue weighted by atomic mass is 35.5. The van der Waals surface area contributed by atoms with Crippen molar-refractivity contribution in [3.63, 3.8) is 0 Å². The Balaban J connectivity index is 2.84. The smallest absolute Gasteiger partial charge is 0.331 e. The van der Waals surface area contributed by atoms with Gasteiger partial charge in [0, 0.05) is 16.5 Å². The average Bonchev–Trinajstić information content (AvgIpc) is 2.29. The van der Waals surface area contributed by atoms with E-state index in [1.54, 1.807) is 24.3 Å². The monoisotopic (exact) mass is 274 g/mol. The zero-order valence-corrected chi connectivity index (χ0v) is 10.7. The number of esters is 1. The lowest BCUT2D eigenvalue weighted by atomic mass is 10.2. The molecule has 1 aromatic rings. The molecule has 0 aliphatic heterocycles. The predicted octanol–water partition coefficient (Wildman–Crippen LogP) is 1.94. The van der Waals surface area contributed by atoms with Gasteiger partial charge in [-0.2, -0.15) is 0 Å². The molecule has 0 radical (unpaired) electrons. The molecule has 0 aliphatic rings. The van der Waals surface area contributed by atoms with E-state index in [0.717, 1.165) is 11.5 Å². The number of ether oxygens (including phenoxy) is 1. The summed E-state index contributed by atoms with van der Waals surface area (Å²) in [7, 11) is -2.35. The first-order chi connectivity index (χ1) is 7.94. The minimum absolute atomic E-state index is 0.250. The van der Waals surface area contributed by atoms with E-state index in [1.807, 2.05) is 0 Å². The van der Waals surface area contributed by atoms with E-state index in [2.05, 4.69) is 4.74 Å². The number of hydrogen-bond donors (Lipinski definition) is 0. The molecule has 0 unspecified atom stereocenters. The lowest BCUT2D eigenvalue weighted by molar-refractivity contribution is -0.134. The maximum Gasteiger partial charge on any atom is 0.331 e. The Kier molecular flexibility index (Phi) is 4.72. The van der Waals surface area contributed by atoms with Crippen molar-refractivity contribution in [3.8, 4) is 0 Å². The summed E-state index contributed by atoms with van der Waals surface area (Å²) in [6.07, 6.45) is 0.867. The van der Waals surface area contributed by atoms with E-state index >= 15 is 0 Å². The quantitative estimate of drug-likeness (QED) is 0.622. The first-order valence-corrected chi connectivity index (χ1v) is 6.76. The van der Waals surface area contributed by atoms with E-state index in [0.29, 0.717) is 10.6 Å². The Hall–Kier alpha value is -1.33. The summed E-state index contributed by atoms with van der Waals surface area (Å²) >= 11 is 5.84. The van der Waals surface area contributed by atoms with E-state index in [1.165, 1.54) is 7.11 Å². The summed E-state index contributed by atoms with van der Waals surface area (Å²) in [5, 5.41) is 1.20. The van der Waals surface area contributed by atoms with Crippen LogP contribution in [0.4, 0.5) is 0 Å². The van der Waals surface area contributed by atoms with Gasteiger partial charge in [-0.3, -0.25) is 0 Å². The molecule has 0 heterocycles. The number of rotatable bonds is 4. The van der Waals surface area contributed by atoms with Gasteiger partial charge in [-0.1, -0.05) is 29.8 Å². The molecule has 0 aromatic heterocycles. The number of methoxy groups -OCH3 is 1. The lowest BCUT2D eigenvalue weighted by Gasteiger charge is -2.02. The van der Waals surface area contributed by atoms with Crippen LogP contribution in [0.2, 0.25) is 5.02 Å². The second-order valence-electron chi connectivity index (χ2n) is 3.22. The first kappa shape index (κ1) is 13.7. The normalized spacial score (nSPS) is 11.6. The van der Waals surface area contributed by atoms with Crippen LogP contribution < -0.4 is 0 Å². The van der Waals surface area contributed by atoms with Crippen LogP contribution in [-0.2, 0) is 25.1 Å². The van der Waals surface area contributed by atoms with Crippen LogP contribution in [0.3, 0.4) is 0 Å². The van der Waals surface area contributed by atoms with Crippen molar-refractivity contribution in [1.29, 1.82) is 0 Å². The van der Waals surface area contributed by atoms with Crippen LogP contribution in [0.1, 0.15) is 5.56 Å². The molecule has 0 bridgehead atoms. The molecule has 0 saturated carbocycles. The second kappa shape index (κ2) is 5.84. The van der Waals surface area contributed by atoms with Crippen molar-refractivity contribution < 1.29 is 17.9 Å². The fraction of sp³-hybridized carbons (Fsp3) is 0.182. The molecule has 17 heavy (non-hydrogen) atoms. The number of carbonyl (C=O) groups is 1. The molecule has 0 atom stereocenters. The van der Waals surface area contributed by atoms with Crippen LogP contribution in [0, 0.1) is 0 Å².